The van der Waals surface area contributed by atoms with Crippen LogP contribution in [0.3, 0.4) is 0 Å². The molecule has 4 atom stereocenters. The van der Waals surface area contributed by atoms with Crippen LogP contribution in [-0.2, 0) is 4.79 Å². The molecule has 3 nitrogen and oxygen atoms in total. The lowest BCUT2D eigenvalue weighted by Gasteiger charge is -2.27. The molecule has 0 spiro atoms. The second-order valence-electron chi connectivity index (χ2n) is 6.54. The molecule has 1 aliphatic heterocycles. The van der Waals surface area contributed by atoms with Gasteiger partial charge in [0.25, 0.3) is 0 Å². The van der Waals surface area contributed by atoms with Crippen LogP contribution in [0, 0.1) is 23.7 Å². The molecule has 0 aromatic rings. The topological polar surface area (TPSA) is 32.3 Å². The van der Waals surface area contributed by atoms with E-state index in [0.717, 1.165) is 18.4 Å². The van der Waals surface area contributed by atoms with Gasteiger partial charge in [0.15, 0.2) is 0 Å². The Bertz CT molecular complexity index is 301. The smallest absolute Gasteiger partial charge is 0.241 e. The molecule has 2 aliphatic rings. The van der Waals surface area contributed by atoms with Crippen molar-refractivity contribution in [1.82, 2.24) is 10.2 Å². The van der Waals surface area contributed by atoms with Gasteiger partial charge in [0.1, 0.15) is 0 Å². The predicted molar refractivity (Wildman–Crippen MR) is 69.4 cm³/mol. The minimum Gasteiger partial charge on any atom is -0.325 e. The van der Waals surface area contributed by atoms with Gasteiger partial charge in [-0.3, -0.25) is 10.1 Å². The maximum absolute atomic E-state index is 12.4. The first-order valence-corrected chi connectivity index (χ1v) is 6.98. The van der Waals surface area contributed by atoms with Crippen LogP contribution in [0.1, 0.15) is 41.0 Å². The van der Waals surface area contributed by atoms with Gasteiger partial charge in [0, 0.05) is 6.54 Å². The highest BCUT2D eigenvalue weighted by Gasteiger charge is 2.45. The zero-order valence-electron chi connectivity index (χ0n) is 11.7. The SMILES string of the molecule is CC(C)C1NC(C(C)C)N(CC2CC2C)C1=O. The quantitative estimate of drug-likeness (QED) is 0.813. The van der Waals surface area contributed by atoms with E-state index in [1.807, 2.05) is 0 Å². The molecule has 1 N–H and O–H groups in total. The molecule has 0 radical (unpaired) electrons. The number of amides is 1. The Hall–Kier alpha value is -0.570. The Morgan fingerprint density at radius 2 is 1.88 bits per heavy atom. The fourth-order valence-electron chi connectivity index (χ4n) is 2.80. The molecular formula is C14H26N2O. The average Bonchev–Trinajstić information content (AvgIpc) is 2.80. The Balaban J connectivity index is 2.06. The maximum atomic E-state index is 12.4. The van der Waals surface area contributed by atoms with Crippen molar-refractivity contribution in [1.29, 1.82) is 0 Å². The number of carbonyl (C=O) groups is 1. The summed E-state index contributed by atoms with van der Waals surface area (Å²) < 4.78 is 0. The van der Waals surface area contributed by atoms with Crippen molar-refractivity contribution in [2.75, 3.05) is 6.54 Å². The highest BCUT2D eigenvalue weighted by molar-refractivity contribution is 5.84. The van der Waals surface area contributed by atoms with E-state index in [4.69, 9.17) is 0 Å². The summed E-state index contributed by atoms with van der Waals surface area (Å²) in [7, 11) is 0. The van der Waals surface area contributed by atoms with E-state index in [9.17, 15) is 4.79 Å². The van der Waals surface area contributed by atoms with Crippen molar-refractivity contribution in [3.63, 3.8) is 0 Å². The van der Waals surface area contributed by atoms with E-state index in [0.29, 0.717) is 17.7 Å². The van der Waals surface area contributed by atoms with Gasteiger partial charge in [0.2, 0.25) is 5.91 Å². The summed E-state index contributed by atoms with van der Waals surface area (Å²) in [5.41, 5.74) is 0. The lowest BCUT2D eigenvalue weighted by atomic mass is 10.0. The molecule has 0 aromatic carbocycles. The van der Waals surface area contributed by atoms with Crippen LogP contribution in [0.25, 0.3) is 0 Å². The van der Waals surface area contributed by atoms with Crippen molar-refractivity contribution >= 4 is 5.91 Å². The van der Waals surface area contributed by atoms with Crippen LogP contribution >= 0.6 is 0 Å². The van der Waals surface area contributed by atoms with Gasteiger partial charge < -0.3 is 4.90 Å². The number of hydrogen-bond donors (Lipinski definition) is 1. The minimum atomic E-state index is 0.0245. The summed E-state index contributed by atoms with van der Waals surface area (Å²) in [6.45, 7) is 11.9. The van der Waals surface area contributed by atoms with Gasteiger partial charge in [-0.15, -0.1) is 0 Å². The highest BCUT2D eigenvalue weighted by Crippen LogP contribution is 2.39. The predicted octanol–water partition coefficient (Wildman–Crippen LogP) is 2.08. The first kappa shape index (κ1) is 12.9. The molecule has 1 amide bonds. The third-order valence-corrected chi connectivity index (χ3v) is 4.24. The van der Waals surface area contributed by atoms with Crippen molar-refractivity contribution in [2.24, 2.45) is 23.7 Å². The van der Waals surface area contributed by atoms with E-state index in [1.54, 1.807) is 0 Å². The highest BCUT2D eigenvalue weighted by atomic mass is 16.2. The van der Waals surface area contributed by atoms with Crippen molar-refractivity contribution in [2.45, 2.75) is 53.2 Å². The normalized spacial score (nSPS) is 37.4. The molecule has 2 fully saturated rings. The van der Waals surface area contributed by atoms with Crippen LogP contribution in [0.2, 0.25) is 0 Å². The molecule has 98 valence electrons. The van der Waals surface area contributed by atoms with Crippen LogP contribution in [0.15, 0.2) is 0 Å². The van der Waals surface area contributed by atoms with Gasteiger partial charge in [-0.25, -0.2) is 0 Å². The summed E-state index contributed by atoms with van der Waals surface area (Å²) in [5.74, 6) is 2.74. The van der Waals surface area contributed by atoms with E-state index < -0.39 is 0 Å². The minimum absolute atomic E-state index is 0.0245. The molecule has 3 heteroatoms. The van der Waals surface area contributed by atoms with E-state index >= 15 is 0 Å². The maximum Gasteiger partial charge on any atom is 0.241 e. The Morgan fingerprint density at radius 3 is 2.29 bits per heavy atom. The fraction of sp³-hybridized carbons (Fsp3) is 0.929. The molecule has 1 heterocycles. The zero-order valence-corrected chi connectivity index (χ0v) is 11.7. The number of rotatable bonds is 4. The van der Waals surface area contributed by atoms with Crippen LogP contribution in [-0.4, -0.2) is 29.6 Å². The number of nitrogens with zero attached hydrogens (tertiary/aromatic N) is 1. The number of hydrogen-bond acceptors (Lipinski definition) is 2. The summed E-state index contributed by atoms with van der Waals surface area (Å²) in [5, 5.41) is 3.51. The first-order chi connectivity index (χ1) is 7.91. The Kier molecular flexibility index (Phi) is 3.48. The van der Waals surface area contributed by atoms with E-state index in [-0.39, 0.29) is 12.2 Å². The van der Waals surface area contributed by atoms with Crippen molar-refractivity contribution < 1.29 is 4.79 Å². The van der Waals surface area contributed by atoms with Crippen LogP contribution in [0.4, 0.5) is 0 Å². The van der Waals surface area contributed by atoms with Crippen LogP contribution in [0.5, 0.6) is 0 Å². The largest absolute Gasteiger partial charge is 0.325 e. The van der Waals surface area contributed by atoms with Crippen molar-refractivity contribution in [3.05, 3.63) is 0 Å². The molecule has 1 saturated carbocycles. The van der Waals surface area contributed by atoms with Gasteiger partial charge >= 0.3 is 0 Å². The zero-order chi connectivity index (χ0) is 12.7. The Morgan fingerprint density at radius 1 is 1.29 bits per heavy atom. The first-order valence-electron chi connectivity index (χ1n) is 6.98. The monoisotopic (exact) mass is 238 g/mol. The molecular weight excluding hydrogens is 212 g/mol. The summed E-state index contributed by atoms with van der Waals surface area (Å²) in [6.07, 6.45) is 1.53. The molecule has 0 aromatic heterocycles. The Labute approximate surface area is 105 Å². The van der Waals surface area contributed by atoms with Gasteiger partial charge in [0.05, 0.1) is 12.2 Å². The second kappa shape index (κ2) is 4.60. The fourth-order valence-corrected chi connectivity index (χ4v) is 2.80. The van der Waals surface area contributed by atoms with Gasteiger partial charge in [-0.1, -0.05) is 34.6 Å². The molecule has 4 unspecified atom stereocenters. The van der Waals surface area contributed by atoms with Crippen molar-refractivity contribution in [3.8, 4) is 0 Å². The standard InChI is InChI=1S/C14H26N2O/c1-8(2)12-14(17)16(7-11-6-10(11)5)13(15-12)9(3)4/h8-13,15H,6-7H2,1-5H3. The van der Waals surface area contributed by atoms with Gasteiger partial charge in [-0.2, -0.15) is 0 Å². The second-order valence-corrected chi connectivity index (χ2v) is 6.54. The molecule has 1 saturated heterocycles. The summed E-state index contributed by atoms with van der Waals surface area (Å²) in [6, 6.07) is 0.0245. The van der Waals surface area contributed by atoms with E-state index in [2.05, 4.69) is 44.8 Å². The summed E-state index contributed by atoms with van der Waals surface area (Å²) in [4.78, 5) is 14.5. The average molecular weight is 238 g/mol. The molecule has 0 bridgehead atoms. The van der Waals surface area contributed by atoms with Crippen LogP contribution < -0.4 is 5.32 Å². The van der Waals surface area contributed by atoms with Gasteiger partial charge in [-0.05, 0) is 30.1 Å². The molecule has 1 aliphatic carbocycles. The number of nitrogens with one attached hydrogen (secondary N) is 1. The lowest BCUT2D eigenvalue weighted by molar-refractivity contribution is -0.131. The number of carbonyl (C=O) groups excluding carboxylic acids is 1. The summed E-state index contributed by atoms with van der Waals surface area (Å²) >= 11 is 0. The molecule has 17 heavy (non-hydrogen) atoms. The third kappa shape index (κ3) is 2.49. The third-order valence-electron chi connectivity index (χ3n) is 4.24. The molecule has 2 rings (SSSR count). The lowest BCUT2D eigenvalue weighted by Crippen LogP contribution is -2.42. The van der Waals surface area contributed by atoms with E-state index in [1.165, 1.54) is 6.42 Å².